The Morgan fingerprint density at radius 3 is 3.00 bits per heavy atom. The molecule has 0 spiro atoms. The number of fused-ring (bicyclic) bond motifs is 1. The molecular formula is C12H9ClN2O4. The summed E-state index contributed by atoms with van der Waals surface area (Å²) in [6, 6.07) is 5.22. The molecule has 0 fully saturated rings. The third-order valence-corrected chi connectivity index (χ3v) is 2.98. The minimum atomic E-state index is -0.555. The van der Waals surface area contributed by atoms with Crippen LogP contribution in [0.15, 0.2) is 24.4 Å². The second-order valence-electron chi connectivity index (χ2n) is 3.78. The van der Waals surface area contributed by atoms with Crippen molar-refractivity contribution in [3.63, 3.8) is 0 Å². The summed E-state index contributed by atoms with van der Waals surface area (Å²) in [5.41, 5.74) is 0.805. The number of benzene rings is 1. The van der Waals surface area contributed by atoms with Gasteiger partial charge in [-0.15, -0.1) is 0 Å². The van der Waals surface area contributed by atoms with Gasteiger partial charge in [-0.3, -0.25) is 0 Å². The molecule has 7 heteroatoms. The molecule has 0 bridgehead atoms. The highest BCUT2D eigenvalue weighted by Crippen LogP contribution is 2.34. The lowest BCUT2D eigenvalue weighted by atomic mass is 10.2. The molecule has 1 aliphatic heterocycles. The van der Waals surface area contributed by atoms with E-state index in [2.05, 4.69) is 5.10 Å². The highest BCUT2D eigenvalue weighted by molar-refractivity contribution is 6.33. The Morgan fingerprint density at radius 1 is 1.42 bits per heavy atom. The maximum atomic E-state index is 11.7. The standard InChI is InChI=1S/C12H9ClN2O4/c1-17-12(16)11-8(13)5-14-15(11)7-2-3-9-10(4-7)19-6-18-9/h2-5H,6H2,1H3. The number of hydrogen-bond acceptors (Lipinski definition) is 5. The molecule has 0 radical (unpaired) electrons. The highest BCUT2D eigenvalue weighted by Gasteiger charge is 2.21. The number of rotatable bonds is 2. The first-order valence-electron chi connectivity index (χ1n) is 5.42. The van der Waals surface area contributed by atoms with Crippen LogP contribution in [-0.2, 0) is 4.74 Å². The summed E-state index contributed by atoms with van der Waals surface area (Å²) in [6.45, 7) is 0.183. The SMILES string of the molecule is COC(=O)c1c(Cl)cnn1-c1ccc2c(c1)OCO2. The van der Waals surface area contributed by atoms with Crippen molar-refractivity contribution in [3.8, 4) is 17.2 Å². The number of esters is 1. The monoisotopic (exact) mass is 280 g/mol. The highest BCUT2D eigenvalue weighted by atomic mass is 35.5. The zero-order chi connectivity index (χ0) is 13.4. The molecule has 6 nitrogen and oxygen atoms in total. The summed E-state index contributed by atoms with van der Waals surface area (Å²) in [5, 5.41) is 4.29. The summed E-state index contributed by atoms with van der Waals surface area (Å²) in [6.07, 6.45) is 1.39. The van der Waals surface area contributed by atoms with Gasteiger partial charge < -0.3 is 14.2 Å². The van der Waals surface area contributed by atoms with Crippen LogP contribution in [0.25, 0.3) is 5.69 Å². The Labute approximate surface area is 113 Å². The molecule has 0 unspecified atom stereocenters. The number of halogens is 1. The van der Waals surface area contributed by atoms with E-state index in [4.69, 9.17) is 25.8 Å². The molecular weight excluding hydrogens is 272 g/mol. The normalized spacial score (nSPS) is 12.5. The predicted molar refractivity (Wildman–Crippen MR) is 66.0 cm³/mol. The molecule has 1 aromatic carbocycles. The number of methoxy groups -OCH3 is 1. The Bertz CT molecular complexity index is 653. The van der Waals surface area contributed by atoms with Crippen molar-refractivity contribution in [2.45, 2.75) is 0 Å². The van der Waals surface area contributed by atoms with Crippen LogP contribution in [0.5, 0.6) is 11.5 Å². The Hall–Kier alpha value is -2.21. The minimum absolute atomic E-state index is 0.169. The van der Waals surface area contributed by atoms with Gasteiger partial charge in [0.1, 0.15) is 0 Å². The van der Waals surface area contributed by atoms with Gasteiger partial charge in [-0.2, -0.15) is 5.10 Å². The topological polar surface area (TPSA) is 62.6 Å². The van der Waals surface area contributed by atoms with E-state index in [1.54, 1.807) is 18.2 Å². The molecule has 3 rings (SSSR count). The maximum absolute atomic E-state index is 11.7. The van der Waals surface area contributed by atoms with Crippen LogP contribution >= 0.6 is 11.6 Å². The first kappa shape index (κ1) is 11.9. The van der Waals surface area contributed by atoms with E-state index in [1.807, 2.05) is 0 Å². The quantitative estimate of drug-likeness (QED) is 0.788. The third-order valence-electron chi connectivity index (χ3n) is 2.70. The van der Waals surface area contributed by atoms with Crippen molar-refractivity contribution < 1.29 is 19.0 Å². The van der Waals surface area contributed by atoms with E-state index < -0.39 is 5.97 Å². The second-order valence-corrected chi connectivity index (χ2v) is 4.19. The molecule has 0 saturated heterocycles. The second kappa shape index (κ2) is 4.47. The average Bonchev–Trinajstić information content (AvgIpc) is 3.03. The van der Waals surface area contributed by atoms with Crippen LogP contribution in [0.1, 0.15) is 10.5 Å². The molecule has 1 aromatic heterocycles. The number of ether oxygens (including phenoxy) is 3. The van der Waals surface area contributed by atoms with Gasteiger partial charge in [0, 0.05) is 6.07 Å². The van der Waals surface area contributed by atoms with E-state index in [-0.39, 0.29) is 17.5 Å². The third kappa shape index (κ3) is 1.90. The number of aromatic nitrogens is 2. The van der Waals surface area contributed by atoms with Crippen molar-refractivity contribution in [1.29, 1.82) is 0 Å². The summed E-state index contributed by atoms with van der Waals surface area (Å²) in [5.74, 6) is 0.696. The Balaban J connectivity index is 2.10. The van der Waals surface area contributed by atoms with E-state index >= 15 is 0 Å². The molecule has 1 aliphatic rings. The molecule has 0 amide bonds. The van der Waals surface area contributed by atoms with Gasteiger partial charge in [0.15, 0.2) is 17.2 Å². The Morgan fingerprint density at radius 2 is 2.21 bits per heavy atom. The summed E-state index contributed by atoms with van der Waals surface area (Å²) >= 11 is 5.95. The summed E-state index contributed by atoms with van der Waals surface area (Å²) < 4.78 is 16.6. The number of carbonyl (C=O) groups excluding carboxylic acids is 1. The minimum Gasteiger partial charge on any atom is -0.464 e. The van der Waals surface area contributed by atoms with Crippen LogP contribution in [-0.4, -0.2) is 29.7 Å². The molecule has 0 saturated carbocycles. The van der Waals surface area contributed by atoms with Gasteiger partial charge in [-0.25, -0.2) is 9.48 Å². The molecule has 98 valence electrons. The van der Waals surface area contributed by atoms with E-state index in [0.29, 0.717) is 17.2 Å². The first-order chi connectivity index (χ1) is 9.20. The van der Waals surface area contributed by atoms with E-state index in [0.717, 1.165) is 0 Å². The van der Waals surface area contributed by atoms with Crippen molar-refractivity contribution in [3.05, 3.63) is 35.1 Å². The summed E-state index contributed by atoms with van der Waals surface area (Å²) in [7, 11) is 1.29. The molecule has 0 N–H and O–H groups in total. The number of carbonyl (C=O) groups is 1. The zero-order valence-corrected chi connectivity index (χ0v) is 10.7. The van der Waals surface area contributed by atoms with Gasteiger partial charge >= 0.3 is 5.97 Å². The largest absolute Gasteiger partial charge is 0.464 e. The van der Waals surface area contributed by atoms with E-state index in [1.165, 1.54) is 18.0 Å². The lowest BCUT2D eigenvalue weighted by molar-refractivity contribution is 0.0590. The zero-order valence-electron chi connectivity index (χ0n) is 9.92. The number of hydrogen-bond donors (Lipinski definition) is 0. The van der Waals surface area contributed by atoms with Gasteiger partial charge in [0.05, 0.1) is 24.0 Å². The van der Waals surface area contributed by atoms with Crippen LogP contribution in [0.4, 0.5) is 0 Å². The molecule has 2 heterocycles. The van der Waals surface area contributed by atoms with Gasteiger partial charge in [-0.05, 0) is 12.1 Å². The smallest absolute Gasteiger partial charge is 0.358 e. The fourth-order valence-corrected chi connectivity index (χ4v) is 2.02. The van der Waals surface area contributed by atoms with Crippen molar-refractivity contribution in [2.24, 2.45) is 0 Å². The number of nitrogens with zero attached hydrogens (tertiary/aromatic N) is 2. The van der Waals surface area contributed by atoms with Gasteiger partial charge in [0.2, 0.25) is 6.79 Å². The van der Waals surface area contributed by atoms with Crippen molar-refractivity contribution >= 4 is 17.6 Å². The van der Waals surface area contributed by atoms with Crippen molar-refractivity contribution in [1.82, 2.24) is 9.78 Å². The molecule has 0 atom stereocenters. The fourth-order valence-electron chi connectivity index (χ4n) is 1.82. The predicted octanol–water partition coefficient (Wildman–Crippen LogP) is 2.04. The van der Waals surface area contributed by atoms with Crippen LogP contribution < -0.4 is 9.47 Å². The fraction of sp³-hybridized carbons (Fsp3) is 0.167. The van der Waals surface area contributed by atoms with Crippen LogP contribution in [0.3, 0.4) is 0 Å². The summed E-state index contributed by atoms with van der Waals surface area (Å²) in [4.78, 5) is 11.7. The molecule has 2 aromatic rings. The van der Waals surface area contributed by atoms with E-state index in [9.17, 15) is 4.79 Å². The van der Waals surface area contributed by atoms with Crippen LogP contribution in [0.2, 0.25) is 5.02 Å². The van der Waals surface area contributed by atoms with Gasteiger partial charge in [0.25, 0.3) is 0 Å². The lowest BCUT2D eigenvalue weighted by Crippen LogP contribution is -2.10. The van der Waals surface area contributed by atoms with Gasteiger partial charge in [-0.1, -0.05) is 11.6 Å². The average molecular weight is 281 g/mol. The lowest BCUT2D eigenvalue weighted by Gasteiger charge is -2.07. The van der Waals surface area contributed by atoms with Crippen LogP contribution in [0, 0.1) is 0 Å². The molecule has 0 aliphatic carbocycles. The first-order valence-corrected chi connectivity index (χ1v) is 5.80. The maximum Gasteiger partial charge on any atom is 0.358 e. The Kier molecular flexibility index (Phi) is 2.79. The van der Waals surface area contributed by atoms with Crippen molar-refractivity contribution in [2.75, 3.05) is 13.9 Å². The molecule has 19 heavy (non-hydrogen) atoms.